The van der Waals surface area contributed by atoms with E-state index in [1.165, 1.54) is 10.5 Å². The number of halogens is 6. The molecule has 256 valence electrons. The molecule has 0 aliphatic heterocycles. The molecule has 0 radical (unpaired) electrons. The van der Waals surface area contributed by atoms with Crippen LogP contribution in [0.3, 0.4) is 0 Å². The number of aromatic nitrogens is 4. The third-order valence-electron chi connectivity index (χ3n) is 9.02. The Morgan fingerprint density at radius 3 is 2.15 bits per heavy atom. The first-order chi connectivity index (χ1) is 22.3. The lowest BCUT2D eigenvalue weighted by atomic mass is 9.82. The van der Waals surface area contributed by atoms with Crippen LogP contribution >= 0.6 is 0 Å². The van der Waals surface area contributed by atoms with Crippen molar-refractivity contribution in [1.82, 2.24) is 25.5 Å². The van der Waals surface area contributed by atoms with Crippen LogP contribution in [0.2, 0.25) is 0 Å². The zero-order valence-corrected chi connectivity index (χ0v) is 25.7. The van der Waals surface area contributed by atoms with E-state index in [0.29, 0.717) is 43.9 Å². The summed E-state index contributed by atoms with van der Waals surface area (Å²) in [6.07, 6.45) is -3.54. The normalized spacial score (nSPS) is 18.4. The highest BCUT2D eigenvalue weighted by molar-refractivity contribution is 5.70. The first-order valence-electron chi connectivity index (χ1n) is 15.8. The van der Waals surface area contributed by atoms with Gasteiger partial charge in [-0.15, -0.1) is 5.10 Å². The van der Waals surface area contributed by atoms with Crippen LogP contribution in [-0.2, 0) is 56.0 Å². The fraction of sp³-hybridized carbons (Fsp3) is 0.562. The van der Waals surface area contributed by atoms with Crippen LogP contribution in [0, 0.1) is 11.8 Å². The van der Waals surface area contributed by atoms with Crippen molar-refractivity contribution in [3.8, 4) is 0 Å². The molecule has 0 saturated heterocycles. The number of anilines is 1. The van der Waals surface area contributed by atoms with Crippen LogP contribution in [0.25, 0.3) is 0 Å². The van der Waals surface area contributed by atoms with E-state index in [-0.39, 0.29) is 49.7 Å². The second kappa shape index (κ2) is 14.6. The molecule has 0 amide bonds. The lowest BCUT2D eigenvalue weighted by Crippen LogP contribution is -2.30. The van der Waals surface area contributed by atoms with Crippen LogP contribution in [0.5, 0.6) is 0 Å². The van der Waals surface area contributed by atoms with Crippen molar-refractivity contribution < 1.29 is 41.4 Å². The molecule has 0 unspecified atom stereocenters. The number of hydrogen-bond acceptors (Lipinski definition) is 7. The Morgan fingerprint density at radius 1 is 0.915 bits per heavy atom. The molecule has 15 heteroatoms. The van der Waals surface area contributed by atoms with Gasteiger partial charge in [0, 0.05) is 13.1 Å². The number of carbonyl (C=O) groups is 1. The van der Waals surface area contributed by atoms with Gasteiger partial charge in [-0.05, 0) is 122 Å². The third-order valence-corrected chi connectivity index (χ3v) is 9.02. The van der Waals surface area contributed by atoms with Gasteiger partial charge in [0.05, 0.1) is 30.2 Å². The van der Waals surface area contributed by atoms with Gasteiger partial charge < -0.3 is 20.4 Å². The van der Waals surface area contributed by atoms with Gasteiger partial charge in [0.15, 0.2) is 0 Å². The van der Waals surface area contributed by atoms with Crippen LogP contribution in [0.1, 0.15) is 71.0 Å². The molecule has 0 atom stereocenters. The molecule has 5 rings (SSSR count). The second-order valence-corrected chi connectivity index (χ2v) is 12.4. The van der Waals surface area contributed by atoms with Crippen molar-refractivity contribution in [2.45, 2.75) is 83.4 Å². The van der Waals surface area contributed by atoms with E-state index >= 15 is 0 Å². The number of carboxylic acids is 1. The van der Waals surface area contributed by atoms with Gasteiger partial charge in [-0.2, -0.15) is 31.1 Å². The topological polar surface area (TPSA) is 116 Å². The average Bonchev–Trinajstić information content (AvgIpc) is 3.68. The lowest BCUT2D eigenvalue weighted by molar-refractivity contribution is -0.144. The number of rotatable bonds is 13. The van der Waals surface area contributed by atoms with Gasteiger partial charge in [0.2, 0.25) is 0 Å². The minimum Gasteiger partial charge on any atom is -0.481 e. The zero-order valence-electron chi connectivity index (χ0n) is 25.7. The minimum atomic E-state index is -4.99. The number of aliphatic hydroxyl groups excluding tert-OH is 1. The van der Waals surface area contributed by atoms with E-state index in [0.717, 1.165) is 60.1 Å². The molecule has 3 N–H and O–H groups in total. The smallest absolute Gasteiger partial charge is 0.416 e. The predicted octanol–water partition coefficient (Wildman–Crippen LogP) is 5.42. The maximum absolute atomic E-state index is 13.7. The fourth-order valence-corrected chi connectivity index (χ4v) is 6.53. The van der Waals surface area contributed by atoms with Crippen LogP contribution in [-0.4, -0.2) is 56.1 Å². The van der Waals surface area contributed by atoms with Gasteiger partial charge in [-0.25, -0.2) is 0 Å². The summed E-state index contributed by atoms with van der Waals surface area (Å²) in [6.45, 7) is 0.860. The molecule has 1 fully saturated rings. The molecule has 0 spiro atoms. The number of aliphatic carboxylic acids is 1. The first kappa shape index (κ1) is 34.6. The zero-order chi connectivity index (χ0) is 33.8. The van der Waals surface area contributed by atoms with Crippen molar-refractivity contribution >= 4 is 11.9 Å². The van der Waals surface area contributed by atoms with E-state index < -0.39 is 29.4 Å². The van der Waals surface area contributed by atoms with Crippen LogP contribution in [0.15, 0.2) is 30.3 Å². The van der Waals surface area contributed by atoms with Gasteiger partial charge in [0.25, 0.3) is 5.95 Å². The minimum absolute atomic E-state index is 0.00552. The number of nitrogens with one attached hydrogen (secondary N) is 1. The monoisotopic (exact) mass is 668 g/mol. The van der Waals surface area contributed by atoms with Crippen molar-refractivity contribution in [3.63, 3.8) is 0 Å². The van der Waals surface area contributed by atoms with Crippen LogP contribution in [0.4, 0.5) is 32.3 Å². The van der Waals surface area contributed by atoms with Gasteiger partial charge in [-0.3, -0.25) is 4.79 Å². The van der Waals surface area contributed by atoms with E-state index in [1.807, 2.05) is 0 Å². The van der Waals surface area contributed by atoms with Gasteiger partial charge in [-0.1, -0.05) is 17.2 Å². The number of fused-ring (bicyclic) bond motifs is 1. The van der Waals surface area contributed by atoms with Crippen molar-refractivity contribution in [1.29, 1.82) is 0 Å². The highest BCUT2D eigenvalue weighted by Crippen LogP contribution is 2.37. The van der Waals surface area contributed by atoms with E-state index in [2.05, 4.69) is 32.9 Å². The van der Waals surface area contributed by atoms with E-state index in [1.54, 1.807) is 0 Å². The van der Waals surface area contributed by atoms with Crippen molar-refractivity contribution in [2.24, 2.45) is 11.8 Å². The Labute approximate surface area is 268 Å². The summed E-state index contributed by atoms with van der Waals surface area (Å²) >= 11 is 0. The summed E-state index contributed by atoms with van der Waals surface area (Å²) in [6, 6.07) is 5.71. The highest BCUT2D eigenvalue weighted by atomic mass is 19.4. The molecule has 47 heavy (non-hydrogen) atoms. The number of carboxylic acid groups (broad SMARTS) is 1. The standard InChI is InChI=1S/C32H38F6N6O3/c33-31(34,35)27-12-21(13-28(16-27)32(36,37)38)18-43(30-40-42-44(41-30)10-11-45)19-26-15-24-3-1-2-23(24)14-25(26)8-9-39-17-20-4-6-22(7-5-20)29(46)47/h12-16,20,22,39,45H,1-11,17-19H2,(H,46,47)/t20-,22-. The number of aliphatic hydroxyl groups is 1. The molecule has 2 aliphatic carbocycles. The van der Waals surface area contributed by atoms with Crippen LogP contribution < -0.4 is 10.2 Å². The quantitative estimate of drug-likeness (QED) is 0.163. The number of alkyl halides is 6. The van der Waals surface area contributed by atoms with Gasteiger partial charge >= 0.3 is 18.3 Å². The molecule has 1 saturated carbocycles. The molecule has 1 heterocycles. The Kier molecular flexibility index (Phi) is 10.7. The largest absolute Gasteiger partial charge is 0.481 e. The summed E-state index contributed by atoms with van der Waals surface area (Å²) in [5, 5.41) is 34.2. The summed E-state index contributed by atoms with van der Waals surface area (Å²) in [5.41, 5.74) is 1.22. The molecule has 1 aromatic heterocycles. The molecule has 3 aromatic rings. The van der Waals surface area contributed by atoms with E-state index in [9.17, 15) is 41.4 Å². The molecule has 2 aromatic carbocycles. The first-order valence-corrected chi connectivity index (χ1v) is 15.8. The maximum Gasteiger partial charge on any atom is 0.416 e. The number of tetrazole rings is 1. The molecule has 9 nitrogen and oxygen atoms in total. The van der Waals surface area contributed by atoms with Gasteiger partial charge in [0.1, 0.15) is 0 Å². The lowest BCUT2D eigenvalue weighted by Gasteiger charge is -2.26. The Hall–Kier alpha value is -3.72. The summed E-state index contributed by atoms with van der Waals surface area (Å²) in [4.78, 5) is 13.9. The molecular formula is C32H38F6N6O3. The highest BCUT2D eigenvalue weighted by Gasteiger charge is 2.37. The Bertz CT molecular complexity index is 1500. The fourth-order valence-electron chi connectivity index (χ4n) is 6.53. The number of benzene rings is 2. The Morgan fingerprint density at radius 2 is 1.55 bits per heavy atom. The van der Waals surface area contributed by atoms with E-state index in [4.69, 9.17) is 0 Å². The summed E-state index contributed by atoms with van der Waals surface area (Å²) in [5.74, 6) is -0.623. The maximum atomic E-state index is 13.7. The second-order valence-electron chi connectivity index (χ2n) is 12.4. The number of aryl methyl sites for hydroxylation is 2. The SMILES string of the molecule is O=C(O)[C@H]1CC[C@H](CNCCc2cc3c(cc2CN(Cc2cc(C(F)(F)F)cc(C(F)(F)F)c2)c2nnn(CCO)n2)CCC3)CC1. The molecule has 0 bridgehead atoms. The van der Waals surface area contributed by atoms with Crippen molar-refractivity contribution in [2.75, 3.05) is 24.6 Å². The van der Waals surface area contributed by atoms with Crippen molar-refractivity contribution in [3.05, 3.63) is 69.3 Å². The molecular weight excluding hydrogens is 630 g/mol. The Balaban J connectivity index is 1.39. The molecule has 2 aliphatic rings. The third kappa shape index (κ3) is 9.01. The predicted molar refractivity (Wildman–Crippen MR) is 159 cm³/mol. The summed E-state index contributed by atoms with van der Waals surface area (Å²) < 4.78 is 81.9. The number of hydrogen-bond donors (Lipinski definition) is 3. The average molecular weight is 669 g/mol. The summed E-state index contributed by atoms with van der Waals surface area (Å²) in [7, 11) is 0. The number of nitrogens with zero attached hydrogens (tertiary/aromatic N) is 5.